The predicted octanol–water partition coefficient (Wildman–Crippen LogP) is 8.55. The highest BCUT2D eigenvalue weighted by Crippen LogP contribution is 2.42. The van der Waals surface area contributed by atoms with Crippen LogP contribution in [0.3, 0.4) is 0 Å². The van der Waals surface area contributed by atoms with Gasteiger partial charge in [0.05, 0.1) is 27.2 Å². The maximum atomic E-state index is 14.8. The lowest BCUT2D eigenvalue weighted by Crippen LogP contribution is -2.12. The van der Waals surface area contributed by atoms with Gasteiger partial charge >= 0.3 is 6.18 Å². The van der Waals surface area contributed by atoms with Gasteiger partial charge in [-0.1, -0.05) is 90.5 Å². The standard InChI is InChI=1S/C36H25F3N4O2S/c1-22-6-8-26(9-7-22)34-33-31(36(37,38)39)21-32(41-35(33)43(42-34)29-16-18-30(19-17-29)46(40,44)45)25-13-10-24(11-14-25)28-15-12-23-4-2-3-5-27(23)20-28/h2-21H,1H3,(H2,40,44,45). The fourth-order valence-electron chi connectivity index (χ4n) is 5.56. The molecule has 0 saturated heterocycles. The third-order valence-corrected chi connectivity index (χ3v) is 8.87. The van der Waals surface area contributed by atoms with Gasteiger partial charge in [-0.3, -0.25) is 0 Å². The maximum absolute atomic E-state index is 14.8. The van der Waals surface area contributed by atoms with Crippen LogP contribution in [0.5, 0.6) is 0 Å². The molecule has 46 heavy (non-hydrogen) atoms. The second kappa shape index (κ2) is 10.9. The summed E-state index contributed by atoms with van der Waals surface area (Å²) in [6, 6.07) is 34.9. The summed E-state index contributed by atoms with van der Waals surface area (Å²) in [7, 11) is -3.98. The van der Waals surface area contributed by atoms with E-state index in [0.29, 0.717) is 16.8 Å². The first kappa shape index (κ1) is 29.4. The number of nitrogens with zero attached hydrogens (tertiary/aromatic N) is 3. The summed E-state index contributed by atoms with van der Waals surface area (Å²) < 4.78 is 69.5. The molecule has 0 amide bonds. The van der Waals surface area contributed by atoms with Crippen molar-refractivity contribution in [3.8, 4) is 39.3 Å². The zero-order chi connectivity index (χ0) is 32.2. The number of rotatable bonds is 5. The largest absolute Gasteiger partial charge is 0.417 e. The lowest BCUT2D eigenvalue weighted by molar-refractivity contribution is -0.136. The maximum Gasteiger partial charge on any atom is 0.417 e. The van der Waals surface area contributed by atoms with Crippen molar-refractivity contribution in [2.45, 2.75) is 18.0 Å². The van der Waals surface area contributed by atoms with Crippen LogP contribution in [0.1, 0.15) is 11.1 Å². The van der Waals surface area contributed by atoms with Crippen LogP contribution in [0, 0.1) is 6.92 Å². The van der Waals surface area contributed by atoms with E-state index in [4.69, 9.17) is 10.1 Å². The number of hydrogen-bond acceptors (Lipinski definition) is 4. The van der Waals surface area contributed by atoms with Crippen LogP contribution >= 0.6 is 0 Å². The predicted molar refractivity (Wildman–Crippen MR) is 174 cm³/mol. The zero-order valence-electron chi connectivity index (χ0n) is 24.3. The molecule has 0 fully saturated rings. The average molecular weight is 635 g/mol. The van der Waals surface area contributed by atoms with Crippen LogP contribution in [-0.2, 0) is 16.2 Å². The molecule has 0 atom stereocenters. The molecule has 0 unspecified atom stereocenters. The minimum Gasteiger partial charge on any atom is -0.228 e. The van der Waals surface area contributed by atoms with E-state index in [-0.39, 0.29) is 27.3 Å². The van der Waals surface area contributed by atoms with E-state index >= 15 is 0 Å². The number of alkyl halides is 3. The Morgan fingerprint density at radius 2 is 1.30 bits per heavy atom. The zero-order valence-corrected chi connectivity index (χ0v) is 25.1. The molecule has 0 radical (unpaired) electrons. The summed E-state index contributed by atoms with van der Waals surface area (Å²) in [5.41, 5.74) is 3.43. The molecule has 5 aromatic carbocycles. The van der Waals surface area contributed by atoms with Crippen LogP contribution < -0.4 is 5.14 Å². The summed E-state index contributed by atoms with van der Waals surface area (Å²) in [6.45, 7) is 1.88. The van der Waals surface area contributed by atoms with Crippen LogP contribution in [0.15, 0.2) is 126 Å². The van der Waals surface area contributed by atoms with E-state index in [0.717, 1.165) is 33.5 Å². The molecular weight excluding hydrogens is 609 g/mol. The highest BCUT2D eigenvalue weighted by molar-refractivity contribution is 7.89. The first-order valence-electron chi connectivity index (χ1n) is 14.3. The molecule has 0 aliphatic carbocycles. The molecule has 0 aliphatic heterocycles. The first-order valence-corrected chi connectivity index (χ1v) is 15.8. The van der Waals surface area contributed by atoms with Crippen LogP contribution in [0.25, 0.3) is 61.1 Å². The van der Waals surface area contributed by atoms with Gasteiger partial charge in [-0.25, -0.2) is 23.2 Å². The minimum absolute atomic E-state index is 0.0256. The number of nitrogens with two attached hydrogens (primary N) is 1. The van der Waals surface area contributed by atoms with Crippen molar-refractivity contribution in [3.05, 3.63) is 132 Å². The van der Waals surface area contributed by atoms with Crippen LogP contribution in [0.4, 0.5) is 13.2 Å². The van der Waals surface area contributed by atoms with Gasteiger partial charge in [0, 0.05) is 11.1 Å². The SMILES string of the molecule is Cc1ccc(-c2nn(-c3ccc(S(N)(=O)=O)cc3)c3nc(-c4ccc(-c5ccc6ccccc6c5)cc4)cc(C(F)(F)F)c23)cc1. The van der Waals surface area contributed by atoms with Gasteiger partial charge < -0.3 is 0 Å². The second-order valence-electron chi connectivity index (χ2n) is 11.1. The van der Waals surface area contributed by atoms with E-state index in [2.05, 4.69) is 11.2 Å². The second-order valence-corrected chi connectivity index (χ2v) is 12.6. The number of halogens is 3. The van der Waals surface area contributed by atoms with Crippen LogP contribution in [0.2, 0.25) is 0 Å². The Kier molecular flexibility index (Phi) is 6.99. The minimum atomic E-state index is -4.73. The molecule has 228 valence electrons. The number of primary sulfonamides is 1. The fourth-order valence-corrected chi connectivity index (χ4v) is 6.08. The highest BCUT2D eigenvalue weighted by Gasteiger charge is 2.36. The molecule has 7 rings (SSSR count). The van der Waals surface area contributed by atoms with Crippen molar-refractivity contribution in [2.75, 3.05) is 0 Å². The number of aryl methyl sites for hydroxylation is 1. The van der Waals surface area contributed by atoms with E-state index < -0.39 is 21.8 Å². The van der Waals surface area contributed by atoms with Crippen molar-refractivity contribution in [1.29, 1.82) is 0 Å². The van der Waals surface area contributed by atoms with E-state index in [1.54, 1.807) is 36.4 Å². The number of hydrogen-bond donors (Lipinski definition) is 1. The topological polar surface area (TPSA) is 90.9 Å². The third kappa shape index (κ3) is 5.42. The Bertz CT molecular complexity index is 2370. The van der Waals surface area contributed by atoms with Gasteiger partial charge in [0.15, 0.2) is 5.65 Å². The molecule has 2 heterocycles. The van der Waals surface area contributed by atoms with Gasteiger partial charge in [0.2, 0.25) is 10.0 Å². The monoisotopic (exact) mass is 634 g/mol. The Morgan fingerprint density at radius 3 is 1.96 bits per heavy atom. The smallest absolute Gasteiger partial charge is 0.228 e. The highest BCUT2D eigenvalue weighted by atomic mass is 32.2. The summed E-state index contributed by atoms with van der Waals surface area (Å²) in [4.78, 5) is 4.60. The van der Waals surface area contributed by atoms with E-state index in [9.17, 15) is 21.6 Å². The molecular formula is C36H25F3N4O2S. The Labute approximate surface area is 262 Å². The number of aromatic nitrogens is 3. The number of pyridine rings is 1. The molecule has 6 nitrogen and oxygen atoms in total. The van der Waals surface area contributed by atoms with Crippen LogP contribution in [-0.4, -0.2) is 23.2 Å². The molecule has 2 N–H and O–H groups in total. The normalized spacial score (nSPS) is 12.2. The Balaban J connectivity index is 1.42. The average Bonchev–Trinajstić information content (AvgIpc) is 3.43. The molecule has 7 aromatic rings. The third-order valence-electron chi connectivity index (χ3n) is 7.94. The molecule has 0 spiro atoms. The molecule has 0 bridgehead atoms. The van der Waals surface area contributed by atoms with Crippen molar-refractivity contribution in [3.63, 3.8) is 0 Å². The summed E-state index contributed by atoms with van der Waals surface area (Å²) in [5, 5.41) is 11.9. The quantitative estimate of drug-likeness (QED) is 0.205. The van der Waals surface area contributed by atoms with Gasteiger partial charge in [0.25, 0.3) is 0 Å². The Morgan fingerprint density at radius 1 is 0.696 bits per heavy atom. The van der Waals surface area contributed by atoms with E-state index in [1.807, 2.05) is 55.5 Å². The van der Waals surface area contributed by atoms with Crippen molar-refractivity contribution < 1.29 is 21.6 Å². The molecule has 0 aliphatic rings. The number of benzene rings is 5. The lowest BCUT2D eigenvalue weighted by Gasteiger charge is -2.13. The number of fused-ring (bicyclic) bond motifs is 2. The molecule has 0 saturated carbocycles. The van der Waals surface area contributed by atoms with Gasteiger partial charge in [-0.05, 0) is 65.2 Å². The summed E-state index contributed by atoms with van der Waals surface area (Å²) in [5.74, 6) is 0. The van der Waals surface area contributed by atoms with Gasteiger partial charge in [-0.15, -0.1) is 0 Å². The van der Waals surface area contributed by atoms with E-state index in [1.165, 1.54) is 28.9 Å². The fraction of sp³-hybridized carbons (Fsp3) is 0.0556. The lowest BCUT2D eigenvalue weighted by atomic mass is 9.98. The van der Waals surface area contributed by atoms with Crippen molar-refractivity contribution in [1.82, 2.24) is 14.8 Å². The first-order chi connectivity index (χ1) is 22.0. The van der Waals surface area contributed by atoms with Gasteiger partial charge in [-0.2, -0.15) is 18.3 Å². The molecule has 10 heteroatoms. The van der Waals surface area contributed by atoms with Crippen molar-refractivity contribution >= 4 is 31.8 Å². The van der Waals surface area contributed by atoms with Crippen molar-refractivity contribution in [2.24, 2.45) is 5.14 Å². The summed E-state index contributed by atoms with van der Waals surface area (Å²) in [6.07, 6.45) is -4.73. The summed E-state index contributed by atoms with van der Waals surface area (Å²) >= 11 is 0. The number of sulfonamides is 1. The molecule has 2 aromatic heterocycles. The Hall–Kier alpha value is -5.32. The van der Waals surface area contributed by atoms with Gasteiger partial charge in [0.1, 0.15) is 5.69 Å².